The van der Waals surface area contributed by atoms with Gasteiger partial charge in [-0.1, -0.05) is 18.2 Å². The summed E-state index contributed by atoms with van der Waals surface area (Å²) in [5, 5.41) is 7.39. The summed E-state index contributed by atoms with van der Waals surface area (Å²) >= 11 is 0. The number of methoxy groups -OCH3 is 1. The second kappa shape index (κ2) is 7.72. The van der Waals surface area contributed by atoms with E-state index in [2.05, 4.69) is 10.4 Å². The minimum Gasteiger partial charge on any atom is -0.497 e. The molecule has 1 aromatic heterocycles. The average Bonchev–Trinajstić information content (AvgIpc) is 3.43. The van der Waals surface area contributed by atoms with Crippen LogP contribution in [0.5, 0.6) is 17.2 Å². The molecular formula is C22H21N3O5. The Labute approximate surface area is 173 Å². The first kappa shape index (κ1) is 18.5. The van der Waals surface area contributed by atoms with Crippen molar-refractivity contribution in [2.45, 2.75) is 25.8 Å². The third-order valence-electron chi connectivity index (χ3n) is 5.22. The van der Waals surface area contributed by atoms with Crippen LogP contribution in [0.3, 0.4) is 0 Å². The SMILES string of the molecule is COc1cccc(CNC(=O)c2cc3n(n2)C[C@H](c2ccc4c(c2)OCO4)OC3)c1. The number of ether oxygens (including phenoxy) is 4. The van der Waals surface area contributed by atoms with Crippen LogP contribution in [-0.4, -0.2) is 29.6 Å². The second-order valence-electron chi connectivity index (χ2n) is 7.15. The molecule has 2 aromatic carbocycles. The Kier molecular flexibility index (Phi) is 4.76. The third-order valence-corrected chi connectivity index (χ3v) is 5.22. The average molecular weight is 407 g/mol. The predicted octanol–water partition coefficient (Wildman–Crippen LogP) is 2.82. The summed E-state index contributed by atoms with van der Waals surface area (Å²) in [6, 6.07) is 15.1. The topological polar surface area (TPSA) is 83.8 Å². The number of fused-ring (bicyclic) bond motifs is 2. The zero-order chi connectivity index (χ0) is 20.5. The van der Waals surface area contributed by atoms with Gasteiger partial charge in [-0.15, -0.1) is 0 Å². The molecule has 3 aromatic rings. The zero-order valence-electron chi connectivity index (χ0n) is 16.5. The summed E-state index contributed by atoms with van der Waals surface area (Å²) in [5.74, 6) is 1.99. The van der Waals surface area contributed by atoms with Crippen molar-refractivity contribution in [3.63, 3.8) is 0 Å². The molecule has 0 aliphatic carbocycles. The molecule has 154 valence electrons. The van der Waals surface area contributed by atoms with E-state index in [-0.39, 0.29) is 18.8 Å². The fraction of sp³-hybridized carbons (Fsp3) is 0.273. The summed E-state index contributed by atoms with van der Waals surface area (Å²) in [5.41, 5.74) is 3.20. The molecule has 0 saturated heterocycles. The fourth-order valence-corrected chi connectivity index (χ4v) is 3.61. The molecule has 0 saturated carbocycles. The molecule has 8 nitrogen and oxygen atoms in total. The van der Waals surface area contributed by atoms with Crippen molar-refractivity contribution >= 4 is 5.91 Å². The zero-order valence-corrected chi connectivity index (χ0v) is 16.5. The Bertz CT molecular complexity index is 1090. The molecule has 0 spiro atoms. The van der Waals surface area contributed by atoms with Gasteiger partial charge in [0.25, 0.3) is 5.91 Å². The van der Waals surface area contributed by atoms with Crippen molar-refractivity contribution in [1.82, 2.24) is 15.1 Å². The summed E-state index contributed by atoms with van der Waals surface area (Å²) in [6.45, 7) is 1.55. The molecule has 1 atom stereocenters. The fourth-order valence-electron chi connectivity index (χ4n) is 3.61. The van der Waals surface area contributed by atoms with Crippen LogP contribution in [0.25, 0.3) is 0 Å². The molecule has 3 heterocycles. The maximum atomic E-state index is 12.6. The van der Waals surface area contributed by atoms with Gasteiger partial charge in [0.05, 0.1) is 26.0 Å². The summed E-state index contributed by atoms with van der Waals surface area (Å²) < 4.78 is 23.9. The van der Waals surface area contributed by atoms with Crippen LogP contribution in [0.2, 0.25) is 0 Å². The highest BCUT2D eigenvalue weighted by molar-refractivity contribution is 5.92. The predicted molar refractivity (Wildman–Crippen MR) is 106 cm³/mol. The molecular weight excluding hydrogens is 386 g/mol. The van der Waals surface area contributed by atoms with Gasteiger partial charge < -0.3 is 24.3 Å². The Morgan fingerprint density at radius 1 is 1.20 bits per heavy atom. The number of nitrogens with one attached hydrogen (secondary N) is 1. The van der Waals surface area contributed by atoms with Crippen molar-refractivity contribution in [2.24, 2.45) is 0 Å². The number of benzene rings is 2. The molecule has 0 unspecified atom stereocenters. The minimum atomic E-state index is -0.223. The van der Waals surface area contributed by atoms with E-state index in [1.165, 1.54) is 0 Å². The smallest absolute Gasteiger partial charge is 0.272 e. The van der Waals surface area contributed by atoms with Crippen LogP contribution in [0.15, 0.2) is 48.5 Å². The molecule has 30 heavy (non-hydrogen) atoms. The van der Waals surface area contributed by atoms with Crippen LogP contribution in [0.4, 0.5) is 0 Å². The second-order valence-corrected chi connectivity index (χ2v) is 7.15. The lowest BCUT2D eigenvalue weighted by Gasteiger charge is -2.24. The molecule has 0 fully saturated rings. The largest absolute Gasteiger partial charge is 0.497 e. The van der Waals surface area contributed by atoms with Gasteiger partial charge >= 0.3 is 0 Å². The minimum absolute atomic E-state index is 0.167. The Morgan fingerprint density at radius 2 is 2.10 bits per heavy atom. The van der Waals surface area contributed by atoms with Crippen molar-refractivity contribution in [1.29, 1.82) is 0 Å². The van der Waals surface area contributed by atoms with Crippen LogP contribution < -0.4 is 19.5 Å². The lowest BCUT2D eigenvalue weighted by molar-refractivity contribution is -0.00128. The number of hydrogen-bond acceptors (Lipinski definition) is 6. The lowest BCUT2D eigenvalue weighted by atomic mass is 10.1. The van der Waals surface area contributed by atoms with Gasteiger partial charge in [0.1, 0.15) is 11.9 Å². The highest BCUT2D eigenvalue weighted by Gasteiger charge is 2.25. The highest BCUT2D eigenvalue weighted by Crippen LogP contribution is 2.36. The molecule has 8 heteroatoms. The summed E-state index contributed by atoms with van der Waals surface area (Å²) in [7, 11) is 1.62. The van der Waals surface area contributed by atoms with Gasteiger partial charge in [0.15, 0.2) is 17.2 Å². The van der Waals surface area contributed by atoms with Crippen molar-refractivity contribution in [2.75, 3.05) is 13.9 Å². The quantitative estimate of drug-likeness (QED) is 0.700. The van der Waals surface area contributed by atoms with E-state index in [1.807, 2.05) is 47.1 Å². The van der Waals surface area contributed by atoms with Gasteiger partial charge in [-0.3, -0.25) is 9.48 Å². The molecule has 0 radical (unpaired) electrons. The highest BCUT2D eigenvalue weighted by atomic mass is 16.7. The molecule has 2 aliphatic rings. The number of hydrogen-bond donors (Lipinski definition) is 1. The van der Waals surface area contributed by atoms with Gasteiger partial charge in [0.2, 0.25) is 6.79 Å². The first-order valence-electron chi connectivity index (χ1n) is 9.68. The van der Waals surface area contributed by atoms with Gasteiger partial charge in [-0.25, -0.2) is 0 Å². The Balaban J connectivity index is 1.26. The molecule has 2 aliphatic heterocycles. The van der Waals surface area contributed by atoms with Crippen LogP contribution in [-0.2, 0) is 24.4 Å². The third kappa shape index (κ3) is 3.57. The molecule has 1 N–H and O–H groups in total. The van der Waals surface area contributed by atoms with E-state index < -0.39 is 0 Å². The van der Waals surface area contributed by atoms with E-state index in [0.717, 1.165) is 34.1 Å². The monoisotopic (exact) mass is 407 g/mol. The van der Waals surface area contributed by atoms with Gasteiger partial charge in [-0.05, 0) is 41.5 Å². The normalized spacial score (nSPS) is 16.8. The number of rotatable bonds is 5. The van der Waals surface area contributed by atoms with E-state index in [9.17, 15) is 4.79 Å². The van der Waals surface area contributed by atoms with Crippen molar-refractivity contribution in [3.8, 4) is 17.2 Å². The molecule has 5 rings (SSSR count). The number of carbonyl (C=O) groups is 1. The van der Waals surface area contributed by atoms with Crippen molar-refractivity contribution in [3.05, 3.63) is 71.0 Å². The number of nitrogens with zero attached hydrogens (tertiary/aromatic N) is 2. The maximum absolute atomic E-state index is 12.6. The number of carbonyl (C=O) groups excluding carboxylic acids is 1. The first-order valence-corrected chi connectivity index (χ1v) is 9.68. The summed E-state index contributed by atoms with van der Waals surface area (Å²) in [6.07, 6.45) is -0.167. The standard InChI is InChI=1S/C22H21N3O5/c1-27-17-4-2-3-14(7-17)10-23-22(26)18-9-16-12-28-21(11-25(16)24-18)15-5-6-19-20(8-15)30-13-29-19/h2-9,21H,10-13H2,1H3,(H,23,26)/t21-/m1/s1. The summed E-state index contributed by atoms with van der Waals surface area (Å²) in [4.78, 5) is 12.6. The van der Waals surface area contributed by atoms with Crippen LogP contribution >= 0.6 is 0 Å². The Morgan fingerprint density at radius 3 is 3.00 bits per heavy atom. The van der Waals surface area contributed by atoms with Crippen LogP contribution in [0.1, 0.15) is 33.4 Å². The van der Waals surface area contributed by atoms with E-state index >= 15 is 0 Å². The molecule has 1 amide bonds. The van der Waals surface area contributed by atoms with Crippen LogP contribution in [0, 0.1) is 0 Å². The van der Waals surface area contributed by atoms with Crippen molar-refractivity contribution < 1.29 is 23.7 Å². The molecule has 0 bridgehead atoms. The van der Waals surface area contributed by atoms with E-state index in [1.54, 1.807) is 13.2 Å². The maximum Gasteiger partial charge on any atom is 0.272 e. The van der Waals surface area contributed by atoms with Gasteiger partial charge in [-0.2, -0.15) is 5.10 Å². The Hall–Kier alpha value is -3.52. The number of aromatic nitrogens is 2. The lowest BCUT2D eigenvalue weighted by Crippen LogP contribution is -2.24. The van der Waals surface area contributed by atoms with E-state index in [0.29, 0.717) is 25.4 Å². The van der Waals surface area contributed by atoms with Gasteiger partial charge in [0, 0.05) is 6.54 Å². The van der Waals surface area contributed by atoms with E-state index in [4.69, 9.17) is 18.9 Å². The first-order chi connectivity index (χ1) is 14.7. The number of amides is 1.